The van der Waals surface area contributed by atoms with Gasteiger partial charge in [-0.2, -0.15) is 0 Å². The Morgan fingerprint density at radius 1 is 1.12 bits per heavy atom. The second-order valence-corrected chi connectivity index (χ2v) is 6.12. The van der Waals surface area contributed by atoms with Crippen LogP contribution in [0.4, 0.5) is 5.82 Å². The Bertz CT molecular complexity index is 692. The van der Waals surface area contributed by atoms with Crippen LogP contribution in [0.15, 0.2) is 42.6 Å². The van der Waals surface area contributed by atoms with Crippen molar-refractivity contribution in [1.29, 1.82) is 0 Å². The van der Waals surface area contributed by atoms with Crippen LogP contribution in [0.5, 0.6) is 11.5 Å². The number of carbonyl (C=O) groups is 1. The lowest BCUT2D eigenvalue weighted by molar-refractivity contribution is 0.0729. The number of hydrogen-bond donors (Lipinski definition) is 0. The van der Waals surface area contributed by atoms with Gasteiger partial charge in [0, 0.05) is 19.3 Å². The van der Waals surface area contributed by atoms with Gasteiger partial charge in [-0.05, 0) is 43.0 Å². The van der Waals surface area contributed by atoms with Crippen molar-refractivity contribution in [3.63, 3.8) is 0 Å². The van der Waals surface area contributed by atoms with Gasteiger partial charge in [-0.1, -0.05) is 19.1 Å². The maximum Gasteiger partial charge on any atom is 0.345 e. The third-order valence-corrected chi connectivity index (χ3v) is 4.36. The molecule has 1 aromatic carbocycles. The summed E-state index contributed by atoms with van der Waals surface area (Å²) < 4.78 is 10.6. The molecule has 1 aliphatic heterocycles. The molecule has 1 fully saturated rings. The number of pyridine rings is 1. The molecule has 5 nitrogen and oxygen atoms in total. The van der Waals surface area contributed by atoms with E-state index < -0.39 is 5.97 Å². The Morgan fingerprint density at radius 2 is 1.83 bits per heavy atom. The fourth-order valence-electron chi connectivity index (χ4n) is 2.79. The summed E-state index contributed by atoms with van der Waals surface area (Å²) in [5.74, 6) is 2.18. The van der Waals surface area contributed by atoms with Crippen molar-refractivity contribution in [3.8, 4) is 11.5 Å². The molecule has 1 aromatic heterocycles. The van der Waals surface area contributed by atoms with Crippen LogP contribution in [0, 0.1) is 5.92 Å². The molecule has 1 saturated heterocycles. The van der Waals surface area contributed by atoms with Gasteiger partial charge in [0.05, 0.1) is 12.7 Å². The van der Waals surface area contributed by atoms with Crippen LogP contribution in [0.25, 0.3) is 0 Å². The fraction of sp³-hybridized carbons (Fsp3) is 0.368. The standard InChI is InChI=1S/C19H22N2O3/c1-14-9-11-21(12-10-14)18-8-7-15(13-20-18)19(22)24-17-6-4-3-5-16(17)23-2/h3-8,13-14H,9-12H2,1-2H3. The van der Waals surface area contributed by atoms with Crippen LogP contribution in [-0.2, 0) is 0 Å². The molecule has 0 spiro atoms. The highest BCUT2D eigenvalue weighted by Gasteiger charge is 2.18. The molecular weight excluding hydrogens is 304 g/mol. The number of piperidine rings is 1. The zero-order valence-electron chi connectivity index (χ0n) is 14.1. The summed E-state index contributed by atoms with van der Waals surface area (Å²) in [7, 11) is 1.54. The van der Waals surface area contributed by atoms with Gasteiger partial charge >= 0.3 is 5.97 Å². The van der Waals surface area contributed by atoms with Gasteiger partial charge in [0.15, 0.2) is 11.5 Å². The molecular formula is C19H22N2O3. The van der Waals surface area contributed by atoms with E-state index in [0.29, 0.717) is 17.1 Å². The molecule has 2 heterocycles. The maximum absolute atomic E-state index is 12.3. The van der Waals surface area contributed by atoms with E-state index in [1.54, 1.807) is 37.6 Å². The highest BCUT2D eigenvalue weighted by Crippen LogP contribution is 2.27. The van der Waals surface area contributed by atoms with E-state index >= 15 is 0 Å². The third kappa shape index (κ3) is 3.67. The number of aromatic nitrogens is 1. The summed E-state index contributed by atoms with van der Waals surface area (Å²) in [6, 6.07) is 10.7. The predicted octanol–water partition coefficient (Wildman–Crippen LogP) is 3.55. The number of ether oxygens (including phenoxy) is 2. The van der Waals surface area contributed by atoms with E-state index in [0.717, 1.165) is 24.8 Å². The van der Waals surface area contributed by atoms with Gasteiger partial charge in [0.25, 0.3) is 0 Å². The van der Waals surface area contributed by atoms with E-state index in [1.165, 1.54) is 12.8 Å². The monoisotopic (exact) mass is 326 g/mol. The molecule has 0 bridgehead atoms. The zero-order valence-corrected chi connectivity index (χ0v) is 14.1. The fourth-order valence-corrected chi connectivity index (χ4v) is 2.79. The molecule has 1 aliphatic rings. The highest BCUT2D eigenvalue weighted by atomic mass is 16.6. The Labute approximate surface area is 142 Å². The second kappa shape index (κ2) is 7.34. The molecule has 0 radical (unpaired) electrons. The molecule has 126 valence electrons. The lowest BCUT2D eigenvalue weighted by Crippen LogP contribution is -2.33. The smallest absolute Gasteiger partial charge is 0.345 e. The number of methoxy groups -OCH3 is 1. The van der Waals surface area contributed by atoms with Gasteiger partial charge in [-0.25, -0.2) is 9.78 Å². The number of anilines is 1. The molecule has 24 heavy (non-hydrogen) atoms. The number of nitrogens with zero attached hydrogens (tertiary/aromatic N) is 2. The summed E-state index contributed by atoms with van der Waals surface area (Å²) in [6.07, 6.45) is 3.93. The normalized spacial score (nSPS) is 15.2. The van der Waals surface area contributed by atoms with Crippen LogP contribution in [0.1, 0.15) is 30.1 Å². The lowest BCUT2D eigenvalue weighted by Gasteiger charge is -2.31. The first-order valence-corrected chi connectivity index (χ1v) is 8.23. The van der Waals surface area contributed by atoms with Gasteiger partial charge in [0.1, 0.15) is 5.82 Å². The van der Waals surface area contributed by atoms with Crippen LogP contribution >= 0.6 is 0 Å². The average Bonchev–Trinajstić information content (AvgIpc) is 2.63. The van der Waals surface area contributed by atoms with Crippen molar-refractivity contribution in [3.05, 3.63) is 48.2 Å². The van der Waals surface area contributed by atoms with Crippen LogP contribution < -0.4 is 14.4 Å². The Balaban J connectivity index is 1.68. The molecule has 3 rings (SSSR count). The first-order chi connectivity index (χ1) is 11.7. The van der Waals surface area contributed by atoms with Gasteiger partial charge < -0.3 is 14.4 Å². The molecule has 2 aromatic rings. The SMILES string of the molecule is COc1ccccc1OC(=O)c1ccc(N2CCC(C)CC2)nc1. The molecule has 0 saturated carbocycles. The van der Waals surface area contributed by atoms with Crippen LogP contribution in [-0.4, -0.2) is 31.2 Å². The minimum atomic E-state index is -0.439. The average molecular weight is 326 g/mol. The van der Waals surface area contributed by atoms with Crippen molar-refractivity contribution in [2.45, 2.75) is 19.8 Å². The largest absolute Gasteiger partial charge is 0.493 e. The molecule has 0 atom stereocenters. The van der Waals surface area contributed by atoms with Gasteiger partial charge in [0.2, 0.25) is 0 Å². The van der Waals surface area contributed by atoms with Gasteiger partial charge in [-0.15, -0.1) is 0 Å². The predicted molar refractivity (Wildman–Crippen MR) is 92.8 cm³/mol. The third-order valence-electron chi connectivity index (χ3n) is 4.36. The molecule has 0 N–H and O–H groups in total. The van der Waals surface area contributed by atoms with E-state index in [1.807, 2.05) is 12.1 Å². The summed E-state index contributed by atoms with van der Waals surface area (Å²) in [5, 5.41) is 0. The van der Waals surface area contributed by atoms with Crippen LogP contribution in [0.2, 0.25) is 0 Å². The number of hydrogen-bond acceptors (Lipinski definition) is 5. The minimum absolute atomic E-state index is 0.402. The molecule has 0 unspecified atom stereocenters. The summed E-state index contributed by atoms with van der Waals surface area (Å²) in [4.78, 5) is 19.0. The molecule has 0 amide bonds. The zero-order chi connectivity index (χ0) is 16.9. The summed E-state index contributed by atoms with van der Waals surface area (Å²) >= 11 is 0. The minimum Gasteiger partial charge on any atom is -0.493 e. The van der Waals surface area contributed by atoms with E-state index in [2.05, 4.69) is 16.8 Å². The number of rotatable bonds is 4. The van der Waals surface area contributed by atoms with Crippen LogP contribution in [0.3, 0.4) is 0 Å². The number of para-hydroxylation sites is 2. The topological polar surface area (TPSA) is 51.7 Å². The Kier molecular flexibility index (Phi) is 4.99. The molecule has 5 heteroatoms. The quantitative estimate of drug-likeness (QED) is 0.635. The van der Waals surface area contributed by atoms with Crippen molar-refractivity contribution < 1.29 is 14.3 Å². The first kappa shape index (κ1) is 16.3. The Hall–Kier alpha value is -2.56. The summed E-state index contributed by atoms with van der Waals surface area (Å²) in [5.41, 5.74) is 0.426. The van der Waals surface area contributed by atoms with E-state index in [4.69, 9.17) is 9.47 Å². The van der Waals surface area contributed by atoms with Crippen molar-refractivity contribution >= 4 is 11.8 Å². The van der Waals surface area contributed by atoms with Crippen molar-refractivity contribution in [1.82, 2.24) is 4.98 Å². The van der Waals surface area contributed by atoms with E-state index in [-0.39, 0.29) is 0 Å². The first-order valence-electron chi connectivity index (χ1n) is 8.23. The van der Waals surface area contributed by atoms with Gasteiger partial charge in [-0.3, -0.25) is 0 Å². The number of esters is 1. The number of carbonyl (C=O) groups excluding carboxylic acids is 1. The van der Waals surface area contributed by atoms with Crippen molar-refractivity contribution in [2.75, 3.05) is 25.1 Å². The number of benzene rings is 1. The lowest BCUT2D eigenvalue weighted by atomic mass is 9.99. The maximum atomic E-state index is 12.3. The second-order valence-electron chi connectivity index (χ2n) is 6.12. The Morgan fingerprint density at radius 3 is 2.46 bits per heavy atom. The van der Waals surface area contributed by atoms with E-state index in [9.17, 15) is 4.79 Å². The molecule has 0 aliphatic carbocycles. The summed E-state index contributed by atoms with van der Waals surface area (Å²) in [6.45, 7) is 4.31. The highest BCUT2D eigenvalue weighted by molar-refractivity contribution is 5.91. The van der Waals surface area contributed by atoms with Crippen molar-refractivity contribution in [2.24, 2.45) is 5.92 Å².